The Hall–Kier alpha value is -2.74. The fraction of sp³-hybridized carbons (Fsp3) is 0.429. The molecule has 0 atom stereocenters. The van der Waals surface area contributed by atoms with E-state index in [0.29, 0.717) is 11.7 Å². The van der Waals surface area contributed by atoms with Gasteiger partial charge in [0.2, 0.25) is 0 Å². The first kappa shape index (κ1) is 25.4. The lowest BCUT2D eigenvalue weighted by Crippen LogP contribution is -2.40. The molecule has 35 heavy (non-hydrogen) atoms. The lowest BCUT2D eigenvalue weighted by molar-refractivity contribution is 0.0367. The van der Waals surface area contributed by atoms with Crippen molar-refractivity contribution in [3.63, 3.8) is 0 Å². The third kappa shape index (κ3) is 6.48. The minimum Gasteiger partial charge on any atom is -0.379 e. The predicted molar refractivity (Wildman–Crippen MR) is 148 cm³/mol. The first-order valence-electron chi connectivity index (χ1n) is 12.4. The first-order chi connectivity index (χ1) is 16.8. The highest BCUT2D eigenvalue weighted by Crippen LogP contribution is 2.20. The number of ether oxygens (including phenoxy) is 1. The van der Waals surface area contributed by atoms with E-state index in [9.17, 15) is 4.79 Å². The van der Waals surface area contributed by atoms with E-state index in [1.807, 2.05) is 12.1 Å². The second-order valence-corrected chi connectivity index (χ2v) is 10.0. The number of benzene rings is 2. The van der Waals surface area contributed by atoms with E-state index < -0.39 is 0 Å². The van der Waals surface area contributed by atoms with E-state index in [2.05, 4.69) is 72.1 Å². The fourth-order valence-corrected chi connectivity index (χ4v) is 4.82. The van der Waals surface area contributed by atoms with Crippen LogP contribution in [-0.2, 0) is 11.3 Å². The van der Waals surface area contributed by atoms with Crippen LogP contribution in [0.1, 0.15) is 34.2 Å². The molecule has 1 aliphatic rings. The summed E-state index contributed by atoms with van der Waals surface area (Å²) in [5.41, 5.74) is 7.28. The fourth-order valence-electron chi connectivity index (χ4n) is 4.56. The lowest BCUT2D eigenvalue weighted by Gasteiger charge is -2.30. The van der Waals surface area contributed by atoms with Gasteiger partial charge in [0.25, 0.3) is 5.56 Å². The number of thiocarbonyl (C=S) groups is 1. The maximum absolute atomic E-state index is 13.0. The topological polar surface area (TPSA) is 60.6 Å². The molecule has 0 saturated carbocycles. The van der Waals surface area contributed by atoms with E-state index in [1.54, 1.807) is 0 Å². The van der Waals surface area contributed by atoms with Crippen LogP contribution in [0.25, 0.3) is 10.9 Å². The molecule has 2 N–H and O–H groups in total. The number of aryl methyl sites for hydroxylation is 4. The van der Waals surface area contributed by atoms with E-state index in [0.717, 1.165) is 73.5 Å². The first-order valence-corrected chi connectivity index (χ1v) is 12.8. The molecule has 0 aliphatic carbocycles. The molecule has 6 nitrogen and oxygen atoms in total. The SMILES string of the molecule is Cc1ccc(NC(=S)N(CCCN2CCOCC2)Cc2cc3cc(C)c(C)cc3[nH]c2=O)c(C)c1. The Morgan fingerprint density at radius 2 is 1.80 bits per heavy atom. The number of aromatic amines is 1. The van der Waals surface area contributed by atoms with Crippen molar-refractivity contribution in [2.75, 3.05) is 44.7 Å². The van der Waals surface area contributed by atoms with Crippen molar-refractivity contribution < 1.29 is 4.74 Å². The van der Waals surface area contributed by atoms with Crippen molar-refractivity contribution in [1.29, 1.82) is 0 Å². The van der Waals surface area contributed by atoms with Crippen LogP contribution in [0.15, 0.2) is 41.2 Å². The molecular weight excluding hydrogens is 456 g/mol. The van der Waals surface area contributed by atoms with Crippen LogP contribution in [0.5, 0.6) is 0 Å². The van der Waals surface area contributed by atoms with E-state index in [-0.39, 0.29) is 5.56 Å². The molecule has 2 heterocycles. The van der Waals surface area contributed by atoms with E-state index in [4.69, 9.17) is 17.0 Å². The maximum Gasteiger partial charge on any atom is 0.253 e. The molecule has 186 valence electrons. The quantitative estimate of drug-likeness (QED) is 0.467. The maximum atomic E-state index is 13.0. The van der Waals surface area contributed by atoms with Gasteiger partial charge in [0.05, 0.1) is 19.8 Å². The molecule has 7 heteroatoms. The Balaban J connectivity index is 1.55. The summed E-state index contributed by atoms with van der Waals surface area (Å²) in [4.78, 5) is 20.6. The average molecular weight is 493 g/mol. The highest BCUT2D eigenvalue weighted by molar-refractivity contribution is 7.80. The molecule has 1 aromatic heterocycles. The predicted octanol–water partition coefficient (Wildman–Crippen LogP) is 4.68. The zero-order chi connectivity index (χ0) is 24.9. The van der Waals surface area contributed by atoms with Gasteiger partial charge in [-0.25, -0.2) is 0 Å². The normalized spacial score (nSPS) is 14.3. The number of fused-ring (bicyclic) bond motifs is 1. The van der Waals surface area contributed by atoms with Crippen molar-refractivity contribution in [1.82, 2.24) is 14.8 Å². The zero-order valence-electron chi connectivity index (χ0n) is 21.2. The van der Waals surface area contributed by atoms with Gasteiger partial charge < -0.3 is 19.9 Å². The van der Waals surface area contributed by atoms with Crippen LogP contribution < -0.4 is 10.9 Å². The number of aromatic nitrogens is 1. The number of pyridine rings is 1. The summed E-state index contributed by atoms with van der Waals surface area (Å²) in [7, 11) is 0. The zero-order valence-corrected chi connectivity index (χ0v) is 22.1. The van der Waals surface area contributed by atoms with Gasteiger partial charge in [-0.15, -0.1) is 0 Å². The highest BCUT2D eigenvalue weighted by atomic mass is 32.1. The van der Waals surface area contributed by atoms with Crippen molar-refractivity contribution in [2.24, 2.45) is 0 Å². The minimum absolute atomic E-state index is 0.0618. The van der Waals surface area contributed by atoms with E-state index in [1.165, 1.54) is 16.7 Å². The second kappa shape index (κ2) is 11.3. The summed E-state index contributed by atoms with van der Waals surface area (Å²) < 4.78 is 5.47. The van der Waals surface area contributed by atoms with Crippen LogP contribution >= 0.6 is 12.2 Å². The Kier molecular flexibility index (Phi) is 8.21. The molecule has 4 rings (SSSR count). The van der Waals surface area contributed by atoms with Gasteiger partial charge in [-0.1, -0.05) is 17.7 Å². The van der Waals surface area contributed by atoms with Crippen LogP contribution in [0.4, 0.5) is 5.69 Å². The molecule has 1 saturated heterocycles. The number of anilines is 1. The molecule has 0 bridgehead atoms. The Morgan fingerprint density at radius 3 is 2.54 bits per heavy atom. The Morgan fingerprint density at radius 1 is 1.06 bits per heavy atom. The van der Waals surface area contributed by atoms with Crippen molar-refractivity contribution in [3.8, 4) is 0 Å². The number of nitrogens with one attached hydrogen (secondary N) is 2. The smallest absolute Gasteiger partial charge is 0.253 e. The van der Waals surface area contributed by atoms with Gasteiger partial charge >= 0.3 is 0 Å². The Bertz CT molecular complexity index is 1260. The van der Waals surface area contributed by atoms with Gasteiger partial charge in [0.1, 0.15) is 0 Å². The number of hydrogen-bond acceptors (Lipinski definition) is 4. The van der Waals surface area contributed by atoms with Crippen LogP contribution in [0.2, 0.25) is 0 Å². The molecule has 1 aliphatic heterocycles. The summed E-state index contributed by atoms with van der Waals surface area (Å²) in [5.74, 6) is 0. The number of hydrogen-bond donors (Lipinski definition) is 2. The summed E-state index contributed by atoms with van der Waals surface area (Å²) in [6.07, 6.45) is 0.957. The summed E-state index contributed by atoms with van der Waals surface area (Å²) in [6.45, 7) is 14.1. The monoisotopic (exact) mass is 492 g/mol. The number of nitrogens with zero attached hydrogens (tertiary/aromatic N) is 2. The molecule has 0 radical (unpaired) electrons. The third-order valence-corrected chi connectivity index (χ3v) is 7.17. The molecule has 2 aromatic carbocycles. The van der Waals surface area contributed by atoms with E-state index >= 15 is 0 Å². The second-order valence-electron chi connectivity index (χ2n) is 9.63. The lowest BCUT2D eigenvalue weighted by atomic mass is 10.0. The molecular formula is C28H36N4O2S. The molecule has 0 spiro atoms. The van der Waals surface area contributed by atoms with Gasteiger partial charge in [-0.2, -0.15) is 0 Å². The van der Waals surface area contributed by atoms with Gasteiger partial charge in [0, 0.05) is 42.9 Å². The van der Waals surface area contributed by atoms with Crippen molar-refractivity contribution in [2.45, 2.75) is 40.7 Å². The Labute approximate surface area is 213 Å². The largest absolute Gasteiger partial charge is 0.379 e. The van der Waals surface area contributed by atoms with Crippen molar-refractivity contribution in [3.05, 3.63) is 74.6 Å². The number of rotatable bonds is 7. The highest BCUT2D eigenvalue weighted by Gasteiger charge is 2.16. The minimum atomic E-state index is -0.0618. The molecule has 3 aromatic rings. The molecule has 0 amide bonds. The van der Waals surface area contributed by atoms with Crippen LogP contribution in [0.3, 0.4) is 0 Å². The standard InChI is InChI=1S/C28H36N4O2S/c1-19-6-7-25(22(4)14-19)30-28(35)32(9-5-8-31-10-12-34-13-11-31)18-24-17-23-15-20(2)21(3)16-26(23)29-27(24)33/h6-7,14-17H,5,8-13,18H2,1-4H3,(H,29,33)(H,30,35). The summed E-state index contributed by atoms with van der Waals surface area (Å²) >= 11 is 5.86. The summed E-state index contributed by atoms with van der Waals surface area (Å²) in [5, 5.41) is 5.11. The summed E-state index contributed by atoms with van der Waals surface area (Å²) in [6, 6.07) is 12.5. The van der Waals surface area contributed by atoms with Gasteiger partial charge in [-0.3, -0.25) is 9.69 Å². The van der Waals surface area contributed by atoms with Crippen LogP contribution in [0, 0.1) is 27.7 Å². The molecule has 1 fully saturated rings. The number of H-pyrrole nitrogens is 1. The van der Waals surface area contributed by atoms with Gasteiger partial charge in [-0.05, 0) is 92.7 Å². The van der Waals surface area contributed by atoms with Crippen molar-refractivity contribution >= 4 is 33.9 Å². The van der Waals surface area contributed by atoms with Crippen LogP contribution in [-0.4, -0.2) is 59.3 Å². The number of morpholine rings is 1. The van der Waals surface area contributed by atoms with Gasteiger partial charge in [0.15, 0.2) is 5.11 Å². The third-order valence-electron chi connectivity index (χ3n) is 6.81. The molecule has 0 unspecified atom stereocenters. The average Bonchev–Trinajstić information content (AvgIpc) is 2.82.